The molecule has 1 aliphatic heterocycles. The predicted octanol–water partition coefficient (Wildman–Crippen LogP) is 3.01. The van der Waals surface area contributed by atoms with Crippen molar-refractivity contribution in [1.29, 1.82) is 0 Å². The minimum Gasteiger partial charge on any atom is -0.399 e. The minimum atomic E-state index is -0.277. The van der Waals surface area contributed by atoms with Gasteiger partial charge in [0, 0.05) is 16.8 Å². The molecule has 1 aliphatic rings. The molecule has 0 aromatic heterocycles. The highest BCUT2D eigenvalue weighted by Gasteiger charge is 2.33. The topological polar surface area (TPSA) is 44.5 Å². The molecule has 0 radical (unpaired) electrons. The largest absolute Gasteiger partial charge is 0.399 e. The summed E-state index contributed by atoms with van der Waals surface area (Å²) in [6, 6.07) is 17.4. The fourth-order valence-corrected chi connectivity index (χ4v) is 1.81. The average Bonchev–Trinajstić information content (AvgIpc) is 2.31. The van der Waals surface area contributed by atoms with Crippen LogP contribution in [0.5, 0.6) is 0 Å². The lowest BCUT2D eigenvalue weighted by molar-refractivity contribution is -0.397. The van der Waals surface area contributed by atoms with E-state index in [4.69, 9.17) is 15.2 Å². The van der Waals surface area contributed by atoms with Crippen molar-refractivity contribution in [3.05, 3.63) is 65.7 Å². The Morgan fingerprint density at radius 1 is 0.706 bits per heavy atom. The van der Waals surface area contributed by atoms with Crippen molar-refractivity contribution in [2.24, 2.45) is 0 Å². The van der Waals surface area contributed by atoms with E-state index in [0.717, 1.165) is 16.8 Å². The Morgan fingerprint density at radius 3 is 1.82 bits per heavy atom. The fourth-order valence-electron chi connectivity index (χ4n) is 1.81. The summed E-state index contributed by atoms with van der Waals surface area (Å²) in [4.78, 5) is 0. The van der Waals surface area contributed by atoms with Crippen molar-refractivity contribution in [2.75, 3.05) is 5.73 Å². The van der Waals surface area contributed by atoms with Crippen molar-refractivity contribution in [3.8, 4) is 0 Å². The number of ether oxygens (including phenoxy) is 2. The maximum atomic E-state index is 5.69. The van der Waals surface area contributed by atoms with Gasteiger partial charge in [-0.05, 0) is 12.1 Å². The van der Waals surface area contributed by atoms with Crippen molar-refractivity contribution in [2.45, 2.75) is 12.6 Å². The summed E-state index contributed by atoms with van der Waals surface area (Å²) >= 11 is 0. The van der Waals surface area contributed by atoms with Crippen LogP contribution in [-0.2, 0) is 9.47 Å². The lowest BCUT2D eigenvalue weighted by atomic mass is 10.1. The van der Waals surface area contributed by atoms with Crippen molar-refractivity contribution in [1.82, 2.24) is 0 Å². The van der Waals surface area contributed by atoms with E-state index < -0.39 is 0 Å². The summed E-state index contributed by atoms with van der Waals surface area (Å²) in [5.41, 5.74) is 8.40. The Hall–Kier alpha value is -1.84. The second kappa shape index (κ2) is 4.20. The van der Waals surface area contributed by atoms with Gasteiger partial charge in [0.05, 0.1) is 0 Å². The highest BCUT2D eigenvalue weighted by molar-refractivity contribution is 5.39. The van der Waals surface area contributed by atoms with Crippen LogP contribution in [-0.4, -0.2) is 0 Å². The van der Waals surface area contributed by atoms with Gasteiger partial charge in [-0.15, -0.1) is 0 Å². The number of hydrogen-bond donors (Lipinski definition) is 1. The summed E-state index contributed by atoms with van der Waals surface area (Å²) in [5, 5.41) is 0. The Kier molecular flexibility index (Phi) is 2.55. The number of anilines is 1. The molecular formula is C14H13NO2. The Morgan fingerprint density at radius 2 is 1.24 bits per heavy atom. The van der Waals surface area contributed by atoms with Crippen LogP contribution in [0.25, 0.3) is 0 Å². The lowest BCUT2D eigenvalue weighted by Gasteiger charge is -2.36. The second-order valence-corrected chi connectivity index (χ2v) is 4.01. The maximum Gasteiger partial charge on any atom is 0.190 e. The summed E-state index contributed by atoms with van der Waals surface area (Å²) in [6.45, 7) is 0. The highest BCUT2D eigenvalue weighted by atomic mass is 16.9. The summed E-state index contributed by atoms with van der Waals surface area (Å²) in [5.74, 6) is 0. The van der Waals surface area contributed by atoms with Gasteiger partial charge in [-0.2, -0.15) is 0 Å². The molecular weight excluding hydrogens is 214 g/mol. The Balaban J connectivity index is 1.67. The minimum absolute atomic E-state index is 0.251. The van der Waals surface area contributed by atoms with Gasteiger partial charge in [0.25, 0.3) is 0 Å². The molecule has 3 nitrogen and oxygen atoms in total. The second-order valence-electron chi connectivity index (χ2n) is 4.01. The molecule has 0 spiro atoms. The zero-order valence-electron chi connectivity index (χ0n) is 9.24. The number of nitrogen functional groups attached to an aromatic ring is 1. The van der Waals surface area contributed by atoms with E-state index in [9.17, 15) is 0 Å². The van der Waals surface area contributed by atoms with E-state index in [0.29, 0.717) is 0 Å². The molecule has 2 aromatic rings. The van der Waals surface area contributed by atoms with Crippen LogP contribution in [0.3, 0.4) is 0 Å². The van der Waals surface area contributed by atoms with Crippen LogP contribution in [0, 0.1) is 0 Å². The van der Waals surface area contributed by atoms with Crippen LogP contribution in [0.4, 0.5) is 5.69 Å². The van der Waals surface area contributed by atoms with Gasteiger partial charge < -0.3 is 15.2 Å². The molecule has 0 saturated carbocycles. The van der Waals surface area contributed by atoms with Gasteiger partial charge in [-0.1, -0.05) is 42.5 Å². The number of nitrogens with two attached hydrogens (primary N) is 1. The number of hydrogen-bond acceptors (Lipinski definition) is 3. The van der Waals surface area contributed by atoms with Crippen LogP contribution >= 0.6 is 0 Å². The third-order valence-electron chi connectivity index (χ3n) is 2.77. The van der Waals surface area contributed by atoms with Gasteiger partial charge in [0.15, 0.2) is 12.6 Å². The average molecular weight is 227 g/mol. The van der Waals surface area contributed by atoms with E-state index in [1.165, 1.54) is 0 Å². The van der Waals surface area contributed by atoms with Crippen molar-refractivity contribution >= 4 is 5.69 Å². The SMILES string of the molecule is Nc1ccc(C2OC(c3ccccc3)O2)cc1. The molecule has 17 heavy (non-hydrogen) atoms. The van der Waals surface area contributed by atoms with Gasteiger partial charge in [0.1, 0.15) is 0 Å². The van der Waals surface area contributed by atoms with Crippen LogP contribution in [0.2, 0.25) is 0 Å². The molecule has 3 heteroatoms. The van der Waals surface area contributed by atoms with Crippen LogP contribution in [0.1, 0.15) is 23.7 Å². The zero-order valence-corrected chi connectivity index (χ0v) is 9.24. The molecule has 1 saturated heterocycles. The van der Waals surface area contributed by atoms with E-state index in [1.807, 2.05) is 54.6 Å². The van der Waals surface area contributed by atoms with E-state index in [-0.39, 0.29) is 12.6 Å². The van der Waals surface area contributed by atoms with E-state index in [2.05, 4.69) is 0 Å². The summed E-state index contributed by atoms with van der Waals surface area (Å²) in [7, 11) is 0. The molecule has 0 atom stereocenters. The monoisotopic (exact) mass is 227 g/mol. The first-order valence-corrected chi connectivity index (χ1v) is 5.54. The first kappa shape index (κ1) is 10.3. The molecule has 0 aliphatic carbocycles. The standard InChI is InChI=1S/C14H13NO2/c15-12-8-6-11(7-9-12)14-16-13(17-14)10-4-2-1-3-5-10/h1-9,13-14H,15H2. The Bertz CT molecular complexity index is 489. The summed E-state index contributed by atoms with van der Waals surface area (Å²) in [6.07, 6.45) is -0.528. The van der Waals surface area contributed by atoms with Crippen molar-refractivity contribution in [3.63, 3.8) is 0 Å². The predicted molar refractivity (Wildman–Crippen MR) is 64.9 cm³/mol. The Labute approximate surface area is 99.8 Å². The molecule has 86 valence electrons. The normalized spacial score (nSPS) is 23.1. The molecule has 2 aromatic carbocycles. The van der Waals surface area contributed by atoms with Crippen LogP contribution < -0.4 is 5.73 Å². The molecule has 0 unspecified atom stereocenters. The third kappa shape index (κ3) is 2.02. The fraction of sp³-hybridized carbons (Fsp3) is 0.143. The first-order valence-electron chi connectivity index (χ1n) is 5.54. The third-order valence-corrected chi connectivity index (χ3v) is 2.77. The van der Waals surface area contributed by atoms with E-state index in [1.54, 1.807) is 0 Å². The van der Waals surface area contributed by atoms with Crippen molar-refractivity contribution < 1.29 is 9.47 Å². The summed E-state index contributed by atoms with van der Waals surface area (Å²) < 4.78 is 11.4. The molecule has 1 heterocycles. The van der Waals surface area contributed by atoms with Gasteiger partial charge >= 0.3 is 0 Å². The molecule has 2 N–H and O–H groups in total. The van der Waals surface area contributed by atoms with E-state index >= 15 is 0 Å². The highest BCUT2D eigenvalue weighted by Crippen LogP contribution is 2.41. The quantitative estimate of drug-likeness (QED) is 0.802. The first-order chi connectivity index (χ1) is 8.33. The zero-order chi connectivity index (χ0) is 11.7. The lowest BCUT2D eigenvalue weighted by Crippen LogP contribution is -2.27. The smallest absolute Gasteiger partial charge is 0.190 e. The molecule has 0 amide bonds. The molecule has 1 fully saturated rings. The van der Waals surface area contributed by atoms with Gasteiger partial charge in [0.2, 0.25) is 0 Å². The van der Waals surface area contributed by atoms with Gasteiger partial charge in [-0.25, -0.2) is 0 Å². The number of benzene rings is 2. The molecule has 3 rings (SSSR count). The van der Waals surface area contributed by atoms with Gasteiger partial charge in [-0.3, -0.25) is 0 Å². The molecule has 0 bridgehead atoms. The maximum absolute atomic E-state index is 5.69. The number of rotatable bonds is 2. The van der Waals surface area contributed by atoms with Crippen LogP contribution in [0.15, 0.2) is 54.6 Å².